The van der Waals surface area contributed by atoms with Crippen LogP contribution in [0.1, 0.15) is 105 Å². The highest BCUT2D eigenvalue weighted by Gasteiger charge is 2.63. The van der Waals surface area contributed by atoms with Gasteiger partial charge in [-0.1, -0.05) is 53.9 Å². The Morgan fingerprint density at radius 3 is 2.31 bits per heavy atom. The molecule has 168 valence electrons. The molecule has 4 rings (SSSR count). The van der Waals surface area contributed by atoms with Crippen molar-refractivity contribution in [3.63, 3.8) is 0 Å². The van der Waals surface area contributed by atoms with Crippen LogP contribution in [0.4, 0.5) is 0 Å². The van der Waals surface area contributed by atoms with Crippen molar-refractivity contribution in [2.75, 3.05) is 0 Å². The Balaban J connectivity index is 1.51. The van der Waals surface area contributed by atoms with Gasteiger partial charge in [0.15, 0.2) is 0 Å². The predicted molar refractivity (Wildman–Crippen MR) is 120 cm³/mol. The molecule has 0 spiro atoms. The van der Waals surface area contributed by atoms with E-state index in [-0.39, 0.29) is 12.2 Å². The normalized spacial score (nSPS) is 50.7. The minimum atomic E-state index is -0.0836. The van der Waals surface area contributed by atoms with E-state index < -0.39 is 0 Å². The van der Waals surface area contributed by atoms with Gasteiger partial charge in [0.05, 0.1) is 12.2 Å². The van der Waals surface area contributed by atoms with E-state index in [1.54, 1.807) is 0 Å². The lowest BCUT2D eigenvalue weighted by molar-refractivity contribution is -0.142. The highest BCUT2D eigenvalue weighted by atomic mass is 16.3. The molecule has 0 heterocycles. The lowest BCUT2D eigenvalue weighted by atomic mass is 9.44. The summed E-state index contributed by atoms with van der Waals surface area (Å²) in [5, 5.41) is 21.6. The van der Waals surface area contributed by atoms with Gasteiger partial charge in [-0.15, -0.1) is 0 Å². The summed E-state index contributed by atoms with van der Waals surface area (Å²) in [5.41, 5.74) is 0.749. The average molecular weight is 405 g/mol. The van der Waals surface area contributed by atoms with E-state index in [0.717, 1.165) is 37.0 Å². The molecule has 2 N–H and O–H groups in total. The number of fused-ring (bicyclic) bond motifs is 5. The number of rotatable bonds is 5. The van der Waals surface area contributed by atoms with Gasteiger partial charge >= 0.3 is 0 Å². The molecule has 0 bridgehead atoms. The van der Waals surface area contributed by atoms with Crippen molar-refractivity contribution in [3.8, 4) is 0 Å². The molecule has 0 aliphatic heterocycles. The van der Waals surface area contributed by atoms with Crippen LogP contribution in [0.25, 0.3) is 0 Å². The molecule has 0 aromatic rings. The van der Waals surface area contributed by atoms with Gasteiger partial charge in [0.25, 0.3) is 0 Å². The minimum Gasteiger partial charge on any atom is -0.393 e. The van der Waals surface area contributed by atoms with Crippen molar-refractivity contribution in [1.82, 2.24) is 0 Å². The Hall–Kier alpha value is -0.0800. The molecule has 4 saturated carbocycles. The Morgan fingerprint density at radius 1 is 0.862 bits per heavy atom. The van der Waals surface area contributed by atoms with Crippen LogP contribution in [0.5, 0.6) is 0 Å². The molecular weight excluding hydrogens is 356 g/mol. The first-order valence-corrected chi connectivity index (χ1v) is 13.0. The number of aliphatic hydroxyl groups excluding tert-OH is 2. The second kappa shape index (κ2) is 8.12. The van der Waals surface area contributed by atoms with Gasteiger partial charge in [-0.3, -0.25) is 0 Å². The lowest BCUT2D eigenvalue weighted by Gasteiger charge is -2.61. The summed E-state index contributed by atoms with van der Waals surface area (Å²) in [6.45, 7) is 12.3. The fourth-order valence-electron chi connectivity index (χ4n) is 9.28. The molecule has 0 aromatic heterocycles. The van der Waals surface area contributed by atoms with Crippen LogP contribution in [0.15, 0.2) is 0 Å². The monoisotopic (exact) mass is 404 g/mol. The Labute approximate surface area is 180 Å². The van der Waals surface area contributed by atoms with Crippen LogP contribution >= 0.6 is 0 Å². The summed E-state index contributed by atoms with van der Waals surface area (Å²) >= 11 is 0. The second-order valence-electron chi connectivity index (χ2n) is 12.8. The van der Waals surface area contributed by atoms with E-state index in [0.29, 0.717) is 34.5 Å². The molecule has 10 atom stereocenters. The first kappa shape index (κ1) is 22.1. The zero-order valence-electron chi connectivity index (χ0n) is 19.9. The summed E-state index contributed by atoms with van der Waals surface area (Å²) in [4.78, 5) is 0. The Kier molecular flexibility index (Phi) is 6.19. The molecule has 10 unspecified atom stereocenters. The van der Waals surface area contributed by atoms with Crippen molar-refractivity contribution < 1.29 is 10.2 Å². The van der Waals surface area contributed by atoms with Gasteiger partial charge in [-0.2, -0.15) is 0 Å². The van der Waals surface area contributed by atoms with Crippen LogP contribution in [0.3, 0.4) is 0 Å². The third kappa shape index (κ3) is 3.73. The van der Waals surface area contributed by atoms with E-state index in [2.05, 4.69) is 34.6 Å². The van der Waals surface area contributed by atoms with Crippen molar-refractivity contribution in [1.29, 1.82) is 0 Å². The lowest BCUT2D eigenvalue weighted by Crippen LogP contribution is -2.55. The summed E-state index contributed by atoms with van der Waals surface area (Å²) in [5.74, 6) is 4.97. The van der Waals surface area contributed by atoms with E-state index in [1.165, 1.54) is 51.4 Å². The Morgan fingerprint density at radius 2 is 1.59 bits per heavy atom. The molecular formula is C27H48O2. The van der Waals surface area contributed by atoms with Crippen LogP contribution in [-0.2, 0) is 0 Å². The van der Waals surface area contributed by atoms with Crippen molar-refractivity contribution in [3.05, 3.63) is 0 Å². The maximum atomic E-state index is 11.3. The van der Waals surface area contributed by atoms with Gasteiger partial charge in [0.1, 0.15) is 0 Å². The molecule has 0 radical (unpaired) electrons. The number of hydrogen-bond donors (Lipinski definition) is 2. The van der Waals surface area contributed by atoms with Crippen LogP contribution in [0, 0.1) is 52.3 Å². The molecule has 4 fully saturated rings. The topological polar surface area (TPSA) is 40.5 Å². The molecule has 2 heteroatoms. The molecule has 0 aromatic carbocycles. The molecule has 4 aliphatic carbocycles. The second-order valence-corrected chi connectivity index (χ2v) is 12.8. The summed E-state index contributed by atoms with van der Waals surface area (Å²) in [6.07, 6.45) is 13.4. The maximum Gasteiger partial charge on any atom is 0.0579 e. The predicted octanol–water partition coefficient (Wildman–Crippen LogP) is 6.44. The zero-order chi connectivity index (χ0) is 21.0. The maximum absolute atomic E-state index is 11.3. The van der Waals surface area contributed by atoms with Crippen LogP contribution < -0.4 is 0 Å². The van der Waals surface area contributed by atoms with Crippen molar-refractivity contribution >= 4 is 0 Å². The molecule has 0 saturated heterocycles. The fraction of sp³-hybridized carbons (Fsp3) is 1.00. The molecule has 29 heavy (non-hydrogen) atoms. The first-order chi connectivity index (χ1) is 13.7. The van der Waals surface area contributed by atoms with Gasteiger partial charge in [-0.25, -0.2) is 0 Å². The smallest absolute Gasteiger partial charge is 0.0579 e. The van der Waals surface area contributed by atoms with Gasteiger partial charge in [0.2, 0.25) is 0 Å². The summed E-state index contributed by atoms with van der Waals surface area (Å²) in [6, 6.07) is 0. The SMILES string of the molecule is CC(C)CCCC(C)C1CC(O)C2C3CCC4CC(O)CCC4(C)C3CCC12C. The first-order valence-electron chi connectivity index (χ1n) is 13.0. The van der Waals surface area contributed by atoms with Crippen molar-refractivity contribution in [2.45, 2.75) is 117 Å². The van der Waals surface area contributed by atoms with Gasteiger partial charge in [-0.05, 0) is 104 Å². The third-order valence-electron chi connectivity index (χ3n) is 10.8. The van der Waals surface area contributed by atoms with Crippen LogP contribution in [0.2, 0.25) is 0 Å². The standard InChI is InChI=1S/C27H48O2/c1-17(2)7-6-8-18(3)23-16-24(29)25-21-10-9-19-15-20(28)11-13-26(19,4)22(21)12-14-27(23,25)5/h17-25,28-29H,6-16H2,1-5H3. The summed E-state index contributed by atoms with van der Waals surface area (Å²) in [7, 11) is 0. The highest BCUT2D eigenvalue weighted by molar-refractivity contribution is 5.12. The fourth-order valence-corrected chi connectivity index (χ4v) is 9.28. The quantitative estimate of drug-likeness (QED) is 0.553. The molecule has 4 aliphatic rings. The zero-order valence-corrected chi connectivity index (χ0v) is 19.9. The van der Waals surface area contributed by atoms with E-state index in [1.807, 2.05) is 0 Å². The van der Waals surface area contributed by atoms with Crippen molar-refractivity contribution in [2.24, 2.45) is 52.3 Å². The van der Waals surface area contributed by atoms with Gasteiger partial charge < -0.3 is 10.2 Å². The largest absolute Gasteiger partial charge is 0.393 e. The van der Waals surface area contributed by atoms with Gasteiger partial charge in [0, 0.05) is 0 Å². The number of aliphatic hydroxyl groups is 2. The summed E-state index contributed by atoms with van der Waals surface area (Å²) < 4.78 is 0. The van der Waals surface area contributed by atoms with E-state index in [4.69, 9.17) is 0 Å². The van der Waals surface area contributed by atoms with Crippen LogP contribution in [-0.4, -0.2) is 22.4 Å². The third-order valence-corrected chi connectivity index (χ3v) is 10.8. The molecule has 2 nitrogen and oxygen atoms in total. The number of hydrogen-bond acceptors (Lipinski definition) is 2. The Bertz CT molecular complexity index is 573. The molecule has 0 amide bonds. The van der Waals surface area contributed by atoms with E-state index in [9.17, 15) is 10.2 Å². The average Bonchev–Trinajstić information content (AvgIpc) is 2.93. The van der Waals surface area contributed by atoms with E-state index >= 15 is 0 Å². The highest BCUT2D eigenvalue weighted by Crippen LogP contribution is 2.68. The minimum absolute atomic E-state index is 0.0633.